The molecule has 3 heterocycles. The molecule has 2 aromatic heterocycles. The van der Waals surface area contributed by atoms with Crippen molar-refractivity contribution in [2.75, 3.05) is 20.1 Å². The topological polar surface area (TPSA) is 95.5 Å². The van der Waals surface area contributed by atoms with E-state index in [1.165, 1.54) is 6.07 Å². The average Bonchev–Trinajstić information content (AvgIpc) is 2.76. The Labute approximate surface area is 181 Å². The molecule has 0 radical (unpaired) electrons. The summed E-state index contributed by atoms with van der Waals surface area (Å²) in [6, 6.07) is 5.04. The molecule has 31 heavy (non-hydrogen) atoms. The van der Waals surface area contributed by atoms with E-state index in [4.69, 9.17) is 0 Å². The van der Waals surface area contributed by atoms with Crippen LogP contribution >= 0.6 is 0 Å². The molecule has 0 aromatic carbocycles. The summed E-state index contributed by atoms with van der Waals surface area (Å²) < 4.78 is 1.59. The van der Waals surface area contributed by atoms with Crippen molar-refractivity contribution in [3.05, 3.63) is 67.5 Å². The molecule has 2 aromatic rings. The van der Waals surface area contributed by atoms with Gasteiger partial charge in [0.1, 0.15) is 5.56 Å². The van der Waals surface area contributed by atoms with Crippen molar-refractivity contribution in [1.29, 1.82) is 0 Å². The molecule has 0 saturated carbocycles. The van der Waals surface area contributed by atoms with Gasteiger partial charge in [-0.2, -0.15) is 0 Å². The van der Waals surface area contributed by atoms with Gasteiger partial charge in [-0.1, -0.05) is 19.4 Å². The first-order valence-electron chi connectivity index (χ1n) is 10.8. The van der Waals surface area contributed by atoms with E-state index in [1.807, 2.05) is 13.0 Å². The van der Waals surface area contributed by atoms with Crippen LogP contribution in [0.4, 0.5) is 0 Å². The van der Waals surface area contributed by atoms with Crippen LogP contribution in [-0.2, 0) is 24.3 Å². The Morgan fingerprint density at radius 3 is 2.71 bits per heavy atom. The van der Waals surface area contributed by atoms with E-state index in [0.29, 0.717) is 32.6 Å². The van der Waals surface area contributed by atoms with E-state index in [9.17, 15) is 19.2 Å². The first-order chi connectivity index (χ1) is 14.8. The minimum atomic E-state index is -0.384. The molecule has 0 bridgehead atoms. The van der Waals surface area contributed by atoms with Gasteiger partial charge in [-0.05, 0) is 37.0 Å². The van der Waals surface area contributed by atoms with Crippen LogP contribution < -0.4 is 11.1 Å². The van der Waals surface area contributed by atoms with E-state index in [-0.39, 0.29) is 34.9 Å². The van der Waals surface area contributed by atoms with Gasteiger partial charge in [0.05, 0.1) is 0 Å². The Balaban J connectivity index is 1.73. The lowest BCUT2D eigenvalue weighted by molar-refractivity contribution is -0.132. The molecule has 0 spiro atoms. The number of aryl methyl sites for hydroxylation is 1. The highest BCUT2D eigenvalue weighted by molar-refractivity contribution is 5.95. The van der Waals surface area contributed by atoms with Gasteiger partial charge in [-0.3, -0.25) is 19.2 Å². The number of pyridine rings is 2. The summed E-state index contributed by atoms with van der Waals surface area (Å²) in [5.41, 5.74) is 2.03. The lowest BCUT2D eigenvalue weighted by atomic mass is 9.96. The number of aromatic nitrogens is 2. The monoisotopic (exact) mass is 426 g/mol. The number of carbonyl (C=O) groups is 2. The van der Waals surface area contributed by atoms with Gasteiger partial charge < -0.3 is 19.4 Å². The van der Waals surface area contributed by atoms with Crippen LogP contribution in [0.25, 0.3) is 0 Å². The third kappa shape index (κ3) is 4.95. The number of hydrogen-bond donors (Lipinski definition) is 1. The lowest BCUT2D eigenvalue weighted by Gasteiger charge is -2.30. The number of H-pyrrole nitrogens is 1. The van der Waals surface area contributed by atoms with Gasteiger partial charge >= 0.3 is 0 Å². The molecule has 0 atom stereocenters. The summed E-state index contributed by atoms with van der Waals surface area (Å²) in [6.45, 7) is 5.60. The van der Waals surface area contributed by atoms with E-state index in [1.54, 1.807) is 33.7 Å². The molecule has 0 fully saturated rings. The van der Waals surface area contributed by atoms with Gasteiger partial charge in [0, 0.05) is 57.6 Å². The van der Waals surface area contributed by atoms with Gasteiger partial charge in [0.2, 0.25) is 5.91 Å². The van der Waals surface area contributed by atoms with Crippen molar-refractivity contribution in [1.82, 2.24) is 19.4 Å². The standard InChI is InChI=1S/C23H30N4O4/c1-4-5-11-25(3)23(31)21-18-9-12-26(15-17(18)14-24-22(21)30)19(28)10-13-27-16(2)7-6-8-20(27)29/h6-8,14H,4-5,9-13,15H2,1-3H3,(H,24,30). The molecule has 0 saturated heterocycles. The fraction of sp³-hybridized carbons (Fsp3) is 0.478. The predicted molar refractivity (Wildman–Crippen MR) is 118 cm³/mol. The second-order valence-electron chi connectivity index (χ2n) is 8.05. The van der Waals surface area contributed by atoms with Crippen LogP contribution in [0.1, 0.15) is 53.4 Å². The van der Waals surface area contributed by atoms with E-state index < -0.39 is 0 Å². The van der Waals surface area contributed by atoms with Gasteiger partial charge in [0.15, 0.2) is 0 Å². The van der Waals surface area contributed by atoms with Crippen molar-refractivity contribution < 1.29 is 9.59 Å². The quantitative estimate of drug-likeness (QED) is 0.729. The summed E-state index contributed by atoms with van der Waals surface area (Å²) >= 11 is 0. The number of hydrogen-bond acceptors (Lipinski definition) is 4. The highest BCUT2D eigenvalue weighted by Gasteiger charge is 2.27. The van der Waals surface area contributed by atoms with Crippen LogP contribution in [0.15, 0.2) is 34.0 Å². The first kappa shape index (κ1) is 22.5. The van der Waals surface area contributed by atoms with Crippen LogP contribution in [0.2, 0.25) is 0 Å². The smallest absolute Gasteiger partial charge is 0.261 e. The van der Waals surface area contributed by atoms with Crippen molar-refractivity contribution in [2.24, 2.45) is 0 Å². The summed E-state index contributed by atoms with van der Waals surface area (Å²) in [4.78, 5) is 56.1. The Morgan fingerprint density at radius 2 is 2.00 bits per heavy atom. The molecule has 8 heteroatoms. The van der Waals surface area contributed by atoms with Gasteiger partial charge in [-0.15, -0.1) is 0 Å². The maximum atomic E-state index is 12.9. The van der Waals surface area contributed by atoms with Crippen molar-refractivity contribution in [3.63, 3.8) is 0 Å². The zero-order chi connectivity index (χ0) is 22.5. The summed E-state index contributed by atoms with van der Waals surface area (Å²) in [7, 11) is 1.71. The molecule has 1 aliphatic heterocycles. The Morgan fingerprint density at radius 1 is 1.23 bits per heavy atom. The van der Waals surface area contributed by atoms with Crippen LogP contribution in [0, 0.1) is 6.92 Å². The lowest BCUT2D eigenvalue weighted by Crippen LogP contribution is -2.40. The first-order valence-corrected chi connectivity index (χ1v) is 10.8. The minimum absolute atomic E-state index is 0.0556. The maximum absolute atomic E-state index is 12.9. The summed E-state index contributed by atoms with van der Waals surface area (Å²) in [6.07, 6.45) is 4.12. The molecule has 2 amide bonds. The predicted octanol–water partition coefficient (Wildman–Crippen LogP) is 1.69. The molecule has 1 N–H and O–H groups in total. The largest absolute Gasteiger partial charge is 0.342 e. The highest BCUT2D eigenvalue weighted by Crippen LogP contribution is 2.21. The molecular formula is C23H30N4O4. The third-order valence-corrected chi connectivity index (χ3v) is 5.86. The van der Waals surface area contributed by atoms with Gasteiger partial charge in [-0.25, -0.2) is 0 Å². The van der Waals surface area contributed by atoms with Crippen molar-refractivity contribution in [3.8, 4) is 0 Å². The fourth-order valence-corrected chi connectivity index (χ4v) is 3.97. The molecule has 3 rings (SSSR count). The normalized spacial score (nSPS) is 13.1. The molecular weight excluding hydrogens is 396 g/mol. The number of nitrogens with one attached hydrogen (secondary N) is 1. The fourth-order valence-electron chi connectivity index (χ4n) is 3.97. The van der Waals surface area contributed by atoms with Gasteiger partial charge in [0.25, 0.3) is 17.0 Å². The Hall–Kier alpha value is -3.16. The zero-order valence-corrected chi connectivity index (χ0v) is 18.4. The van der Waals surface area contributed by atoms with Crippen LogP contribution in [0.5, 0.6) is 0 Å². The van der Waals surface area contributed by atoms with Crippen molar-refractivity contribution >= 4 is 11.8 Å². The number of carbonyl (C=O) groups excluding carboxylic acids is 2. The maximum Gasteiger partial charge on any atom is 0.261 e. The molecule has 0 aliphatic carbocycles. The number of amides is 2. The Kier molecular flexibility index (Phi) is 7.09. The molecule has 1 aliphatic rings. The van der Waals surface area contributed by atoms with Crippen molar-refractivity contribution in [2.45, 2.75) is 52.6 Å². The zero-order valence-electron chi connectivity index (χ0n) is 18.4. The average molecular weight is 427 g/mol. The number of unbranched alkanes of at least 4 members (excludes halogenated alkanes) is 1. The van der Waals surface area contributed by atoms with E-state index in [0.717, 1.165) is 29.7 Å². The number of aromatic amines is 1. The molecule has 166 valence electrons. The summed E-state index contributed by atoms with van der Waals surface area (Å²) in [5, 5.41) is 0. The second-order valence-corrected chi connectivity index (χ2v) is 8.05. The molecule has 8 nitrogen and oxygen atoms in total. The summed E-state index contributed by atoms with van der Waals surface area (Å²) in [5.74, 6) is -0.329. The molecule has 0 unspecified atom stereocenters. The third-order valence-electron chi connectivity index (χ3n) is 5.86. The second kappa shape index (κ2) is 9.76. The SMILES string of the molecule is CCCCN(C)C(=O)c1c2c(c[nH]c1=O)CN(C(=O)CCn1c(C)cccc1=O)CC2. The van der Waals surface area contributed by atoms with E-state index >= 15 is 0 Å². The minimum Gasteiger partial charge on any atom is -0.342 e. The number of rotatable bonds is 7. The highest BCUT2D eigenvalue weighted by atomic mass is 16.2. The van der Waals surface area contributed by atoms with Crippen LogP contribution in [0.3, 0.4) is 0 Å². The number of fused-ring (bicyclic) bond motifs is 1. The van der Waals surface area contributed by atoms with E-state index in [2.05, 4.69) is 11.9 Å². The Bertz CT molecular complexity index is 1090. The number of nitrogens with zero attached hydrogens (tertiary/aromatic N) is 3. The van der Waals surface area contributed by atoms with Crippen LogP contribution in [-0.4, -0.2) is 51.3 Å².